The quantitative estimate of drug-likeness (QED) is 0.0837. The van der Waals surface area contributed by atoms with Crippen molar-refractivity contribution in [2.24, 2.45) is 17.8 Å². The Balaban J connectivity index is 1.21. The lowest BCUT2D eigenvalue weighted by Crippen LogP contribution is -2.65. The van der Waals surface area contributed by atoms with E-state index in [2.05, 4.69) is 0 Å². The Hall–Kier alpha value is -1.39. The zero-order chi connectivity index (χ0) is 37.3. The molecule has 0 bridgehead atoms. The first-order valence-corrected chi connectivity index (χ1v) is 18.7. The summed E-state index contributed by atoms with van der Waals surface area (Å²) in [5, 5.41) is 105. The Bertz CT molecular complexity index is 1180. The molecule has 0 aromatic carbocycles. The molecule has 17 nitrogen and oxygen atoms in total. The normalized spacial score (nSPS) is 50.4. The molecule has 0 spiro atoms. The monoisotopic (exact) mass is 748 g/mol. The Kier molecular flexibility index (Phi) is 13.6. The van der Waals surface area contributed by atoms with E-state index < -0.39 is 123 Å². The van der Waals surface area contributed by atoms with Crippen molar-refractivity contribution >= 4 is 5.97 Å². The molecule has 52 heavy (non-hydrogen) atoms. The SMILES string of the molecule is O=C(C=CC1CCC(O)CC1)OCC1OC(OC2CC3C(O)CC(O)CC3OC2C2CCC(O)C(O)C2)C(OC2OCC(O)C(O)C2O)C(O)C1O. The summed E-state index contributed by atoms with van der Waals surface area (Å²) in [6.07, 6.45) is -13.2. The van der Waals surface area contributed by atoms with Gasteiger partial charge in [0.2, 0.25) is 0 Å². The predicted molar refractivity (Wildman–Crippen MR) is 174 cm³/mol. The molecular formula is C35H56O17. The van der Waals surface area contributed by atoms with Crippen LogP contribution < -0.4 is 0 Å². The third-order valence-electron chi connectivity index (χ3n) is 11.8. The van der Waals surface area contributed by atoms with Crippen molar-refractivity contribution in [1.29, 1.82) is 0 Å². The van der Waals surface area contributed by atoms with E-state index in [1.807, 2.05) is 0 Å². The number of carbonyl (C=O) groups is 1. The molecule has 6 fully saturated rings. The number of allylic oxidation sites excluding steroid dienone is 1. The van der Waals surface area contributed by atoms with Gasteiger partial charge in [-0.2, -0.15) is 0 Å². The minimum absolute atomic E-state index is 0.103. The van der Waals surface area contributed by atoms with Crippen molar-refractivity contribution in [2.45, 2.75) is 168 Å². The van der Waals surface area contributed by atoms with E-state index in [-0.39, 0.29) is 43.6 Å². The van der Waals surface area contributed by atoms with Crippen LogP contribution in [0.25, 0.3) is 0 Å². The van der Waals surface area contributed by atoms with Crippen LogP contribution in [-0.2, 0) is 33.2 Å². The first-order valence-electron chi connectivity index (χ1n) is 18.7. The van der Waals surface area contributed by atoms with Crippen LogP contribution in [0.15, 0.2) is 12.2 Å². The molecule has 18 unspecified atom stereocenters. The van der Waals surface area contributed by atoms with Crippen molar-refractivity contribution in [3.8, 4) is 0 Å². The molecule has 17 heteroatoms. The van der Waals surface area contributed by atoms with Crippen LogP contribution in [0, 0.1) is 17.8 Å². The molecule has 3 aliphatic carbocycles. The van der Waals surface area contributed by atoms with Gasteiger partial charge in [0.05, 0.1) is 55.4 Å². The Labute approximate surface area is 301 Å². The van der Waals surface area contributed by atoms with Crippen LogP contribution in [0.1, 0.15) is 64.2 Å². The minimum atomic E-state index is -1.77. The van der Waals surface area contributed by atoms with Gasteiger partial charge in [-0.1, -0.05) is 6.08 Å². The van der Waals surface area contributed by atoms with Gasteiger partial charge in [0, 0.05) is 12.0 Å². The Morgan fingerprint density at radius 3 is 2.13 bits per heavy atom. The second-order valence-electron chi connectivity index (χ2n) is 15.5. The fraction of sp³-hybridized carbons (Fsp3) is 0.914. The molecule has 18 atom stereocenters. The van der Waals surface area contributed by atoms with Crippen LogP contribution in [0.4, 0.5) is 0 Å². The molecular weight excluding hydrogens is 692 g/mol. The molecule has 0 aromatic heterocycles. The minimum Gasteiger partial charge on any atom is -0.460 e. The van der Waals surface area contributed by atoms with E-state index in [1.54, 1.807) is 6.08 Å². The van der Waals surface area contributed by atoms with Crippen molar-refractivity contribution in [3.05, 3.63) is 12.2 Å². The van der Waals surface area contributed by atoms with Gasteiger partial charge in [-0.05, 0) is 76.0 Å². The maximum Gasteiger partial charge on any atom is 0.330 e. The maximum atomic E-state index is 12.7. The summed E-state index contributed by atoms with van der Waals surface area (Å²) in [4.78, 5) is 12.7. The lowest BCUT2D eigenvalue weighted by atomic mass is 9.72. The highest BCUT2D eigenvalue weighted by molar-refractivity contribution is 5.81. The second-order valence-corrected chi connectivity index (χ2v) is 15.5. The molecule has 298 valence electrons. The first-order chi connectivity index (χ1) is 24.8. The van der Waals surface area contributed by atoms with Crippen molar-refractivity contribution in [2.75, 3.05) is 13.2 Å². The van der Waals surface area contributed by atoms with Crippen LogP contribution >= 0.6 is 0 Å². The number of esters is 1. The van der Waals surface area contributed by atoms with Gasteiger partial charge in [0.1, 0.15) is 49.3 Å². The molecule has 6 rings (SSSR count). The molecule has 3 saturated heterocycles. The summed E-state index contributed by atoms with van der Waals surface area (Å²) in [7, 11) is 0. The van der Waals surface area contributed by atoms with E-state index in [0.717, 1.165) is 12.8 Å². The number of carbonyl (C=O) groups excluding carboxylic acids is 1. The summed E-state index contributed by atoms with van der Waals surface area (Å²) in [6.45, 7) is -0.904. The highest BCUT2D eigenvalue weighted by atomic mass is 16.8. The fourth-order valence-electron chi connectivity index (χ4n) is 8.65. The summed E-state index contributed by atoms with van der Waals surface area (Å²) in [5.74, 6) is -1.39. The van der Waals surface area contributed by atoms with Gasteiger partial charge in [0.25, 0.3) is 0 Å². The van der Waals surface area contributed by atoms with Gasteiger partial charge >= 0.3 is 5.97 Å². The third-order valence-corrected chi connectivity index (χ3v) is 11.8. The highest BCUT2D eigenvalue weighted by Gasteiger charge is 2.54. The molecule has 3 heterocycles. The molecule has 0 radical (unpaired) electrons. The number of rotatable bonds is 9. The largest absolute Gasteiger partial charge is 0.460 e. The van der Waals surface area contributed by atoms with E-state index in [9.17, 15) is 55.9 Å². The Morgan fingerprint density at radius 1 is 0.654 bits per heavy atom. The number of ether oxygens (including phenoxy) is 6. The van der Waals surface area contributed by atoms with E-state index >= 15 is 0 Å². The first kappa shape index (κ1) is 40.3. The van der Waals surface area contributed by atoms with E-state index in [0.29, 0.717) is 25.7 Å². The van der Waals surface area contributed by atoms with Gasteiger partial charge in [0.15, 0.2) is 12.6 Å². The predicted octanol–water partition coefficient (Wildman–Crippen LogP) is -2.90. The third kappa shape index (κ3) is 9.34. The van der Waals surface area contributed by atoms with Crippen LogP contribution in [-0.4, -0.2) is 174 Å². The zero-order valence-corrected chi connectivity index (χ0v) is 29.0. The highest BCUT2D eigenvalue weighted by Crippen LogP contribution is 2.44. The van der Waals surface area contributed by atoms with E-state index in [4.69, 9.17) is 28.4 Å². The van der Waals surface area contributed by atoms with Crippen LogP contribution in [0.2, 0.25) is 0 Å². The van der Waals surface area contributed by atoms with Gasteiger partial charge in [-0.15, -0.1) is 0 Å². The molecule has 6 aliphatic rings. The maximum absolute atomic E-state index is 12.7. The summed E-state index contributed by atoms with van der Waals surface area (Å²) in [5.41, 5.74) is 0. The number of fused-ring (bicyclic) bond motifs is 1. The van der Waals surface area contributed by atoms with Gasteiger partial charge < -0.3 is 79.5 Å². The Morgan fingerprint density at radius 2 is 1.40 bits per heavy atom. The number of hydrogen-bond acceptors (Lipinski definition) is 17. The molecule has 3 aliphatic heterocycles. The van der Waals surface area contributed by atoms with Crippen LogP contribution in [0.5, 0.6) is 0 Å². The molecule has 0 aromatic rings. The number of hydrogen-bond donors (Lipinski definition) is 10. The smallest absolute Gasteiger partial charge is 0.330 e. The topological polar surface area (TPSA) is 275 Å². The standard InChI is InChI=1S/C35H56O17/c36-17-5-1-15(2-6-17)3-8-27(42)47-14-26-29(44)30(45)33(52-34-31(46)28(43)23(41)13-48-34)35(51-26)50-25-12-19-21(39)10-18(37)11-24(19)49-32(25)16-4-7-20(38)22(40)9-16/h3,8,15-26,28-41,43-46H,1-2,4-7,9-14H2. The van der Waals surface area contributed by atoms with Gasteiger partial charge in [-0.3, -0.25) is 0 Å². The molecule has 3 saturated carbocycles. The average Bonchev–Trinajstić information content (AvgIpc) is 3.11. The lowest BCUT2D eigenvalue weighted by molar-refractivity contribution is -0.371. The van der Waals surface area contributed by atoms with Crippen molar-refractivity contribution < 1.29 is 84.3 Å². The number of aliphatic hydroxyl groups is 10. The summed E-state index contributed by atoms with van der Waals surface area (Å²) >= 11 is 0. The van der Waals surface area contributed by atoms with Crippen molar-refractivity contribution in [3.63, 3.8) is 0 Å². The number of aliphatic hydroxyl groups excluding tert-OH is 10. The molecule has 0 amide bonds. The lowest BCUT2D eigenvalue weighted by Gasteiger charge is -2.51. The average molecular weight is 749 g/mol. The van der Waals surface area contributed by atoms with E-state index in [1.165, 1.54) is 6.08 Å². The fourth-order valence-corrected chi connectivity index (χ4v) is 8.65. The summed E-state index contributed by atoms with van der Waals surface area (Å²) < 4.78 is 35.9. The van der Waals surface area contributed by atoms with Gasteiger partial charge in [-0.25, -0.2) is 4.79 Å². The van der Waals surface area contributed by atoms with Crippen molar-refractivity contribution in [1.82, 2.24) is 0 Å². The molecule has 10 N–H and O–H groups in total. The second kappa shape index (κ2) is 17.6. The summed E-state index contributed by atoms with van der Waals surface area (Å²) in [6, 6.07) is 0. The zero-order valence-electron chi connectivity index (χ0n) is 29.0. The van der Waals surface area contributed by atoms with Crippen LogP contribution in [0.3, 0.4) is 0 Å².